The van der Waals surface area contributed by atoms with Crippen LogP contribution in [-0.2, 0) is 0 Å². The zero-order chi connectivity index (χ0) is 13.8. The Labute approximate surface area is 121 Å². The summed E-state index contributed by atoms with van der Waals surface area (Å²) >= 11 is 0. The first-order valence-electron chi connectivity index (χ1n) is 7.51. The van der Waals surface area contributed by atoms with Crippen LogP contribution in [0.5, 0.6) is 0 Å². The molecule has 0 aliphatic carbocycles. The van der Waals surface area contributed by atoms with E-state index in [4.69, 9.17) is 0 Å². The molecule has 1 heteroatoms. The van der Waals surface area contributed by atoms with Crippen LogP contribution >= 0.6 is 0 Å². The van der Waals surface area contributed by atoms with Crippen LogP contribution in [0.4, 0.5) is 5.69 Å². The van der Waals surface area contributed by atoms with Crippen LogP contribution in [-0.4, -0.2) is 6.21 Å². The fourth-order valence-corrected chi connectivity index (χ4v) is 3.16. The third-order valence-electron chi connectivity index (χ3n) is 4.25. The second-order valence-electron chi connectivity index (χ2n) is 5.69. The Morgan fingerprint density at radius 1 is 0.950 bits per heavy atom. The molecule has 0 bridgehead atoms. The highest BCUT2D eigenvalue weighted by Gasteiger charge is 2.19. The summed E-state index contributed by atoms with van der Waals surface area (Å²) in [4.78, 5) is 4.66. The first-order valence-corrected chi connectivity index (χ1v) is 7.51. The van der Waals surface area contributed by atoms with Crippen molar-refractivity contribution in [1.29, 1.82) is 0 Å². The molecule has 0 saturated carbocycles. The maximum Gasteiger partial charge on any atom is 0.0660 e. The lowest BCUT2D eigenvalue weighted by atomic mass is 9.83. The van der Waals surface area contributed by atoms with Crippen molar-refractivity contribution in [3.05, 3.63) is 65.7 Å². The lowest BCUT2D eigenvalue weighted by Crippen LogP contribution is -2.04. The van der Waals surface area contributed by atoms with Gasteiger partial charge >= 0.3 is 0 Å². The highest BCUT2D eigenvalue weighted by Crippen LogP contribution is 2.37. The molecular weight excluding hydrogens is 242 g/mol. The third-order valence-corrected chi connectivity index (χ3v) is 4.25. The lowest BCUT2D eigenvalue weighted by molar-refractivity contribution is 0.537. The zero-order valence-corrected chi connectivity index (χ0v) is 12.0. The van der Waals surface area contributed by atoms with Crippen LogP contribution in [0.25, 0.3) is 0 Å². The van der Waals surface area contributed by atoms with E-state index in [0.29, 0.717) is 11.8 Å². The molecule has 1 nitrogen and oxygen atoms in total. The van der Waals surface area contributed by atoms with Crippen LogP contribution < -0.4 is 0 Å². The molecule has 0 saturated heterocycles. The van der Waals surface area contributed by atoms with Crippen molar-refractivity contribution in [3.63, 3.8) is 0 Å². The monoisotopic (exact) mass is 263 g/mol. The van der Waals surface area contributed by atoms with Gasteiger partial charge < -0.3 is 0 Å². The van der Waals surface area contributed by atoms with Gasteiger partial charge in [-0.25, -0.2) is 0 Å². The Bertz CT molecular complexity index is 586. The van der Waals surface area contributed by atoms with Crippen LogP contribution in [0, 0.1) is 0 Å². The molecule has 0 N–H and O–H groups in total. The molecule has 0 fully saturated rings. The van der Waals surface area contributed by atoms with Gasteiger partial charge in [-0.2, -0.15) is 0 Å². The summed E-state index contributed by atoms with van der Waals surface area (Å²) in [6.45, 7) is 2.33. The first kappa shape index (κ1) is 13.1. The van der Waals surface area contributed by atoms with Gasteiger partial charge in [0, 0.05) is 6.21 Å². The summed E-state index contributed by atoms with van der Waals surface area (Å²) in [5.74, 6) is 1.18. The minimum absolute atomic E-state index is 0.548. The van der Waals surface area contributed by atoms with E-state index in [-0.39, 0.29) is 0 Å². The van der Waals surface area contributed by atoms with Gasteiger partial charge in [0.1, 0.15) is 0 Å². The molecule has 0 aromatic heterocycles. The number of aliphatic imine (C=N–C) groups is 1. The molecule has 2 atom stereocenters. The molecule has 0 radical (unpaired) electrons. The second kappa shape index (κ2) is 6.04. The standard InChI is InChI=1S/C19H21N/c1-15-14-17(16-8-3-2-4-9-16)10-7-13-20-19-12-6-5-11-18(15)19/h2-6,8-9,11-13,15,17H,7,10,14H2,1H3. The van der Waals surface area contributed by atoms with Crippen molar-refractivity contribution in [2.75, 3.05) is 0 Å². The third kappa shape index (κ3) is 2.82. The molecule has 1 aliphatic rings. The number of nitrogens with zero attached hydrogens (tertiary/aromatic N) is 1. The van der Waals surface area contributed by atoms with Crippen molar-refractivity contribution in [2.24, 2.45) is 4.99 Å². The van der Waals surface area contributed by atoms with Crippen molar-refractivity contribution in [3.8, 4) is 0 Å². The zero-order valence-electron chi connectivity index (χ0n) is 12.0. The summed E-state index contributed by atoms with van der Waals surface area (Å²) < 4.78 is 0. The van der Waals surface area contributed by atoms with Gasteiger partial charge in [-0.15, -0.1) is 0 Å². The van der Waals surface area contributed by atoms with Crippen molar-refractivity contribution in [1.82, 2.24) is 0 Å². The maximum absolute atomic E-state index is 4.66. The van der Waals surface area contributed by atoms with E-state index in [2.05, 4.69) is 72.7 Å². The van der Waals surface area contributed by atoms with E-state index in [9.17, 15) is 0 Å². The van der Waals surface area contributed by atoms with Gasteiger partial charge in [-0.1, -0.05) is 55.5 Å². The van der Waals surface area contributed by atoms with Gasteiger partial charge in [-0.3, -0.25) is 4.99 Å². The van der Waals surface area contributed by atoms with E-state index in [1.807, 2.05) is 0 Å². The Balaban J connectivity index is 1.91. The number of rotatable bonds is 1. The summed E-state index contributed by atoms with van der Waals surface area (Å²) in [6, 6.07) is 19.5. The first-order chi connectivity index (χ1) is 9.84. The Kier molecular flexibility index (Phi) is 3.96. The number of benzene rings is 2. The molecular formula is C19H21N. The lowest BCUT2D eigenvalue weighted by Gasteiger charge is -2.21. The number of hydrogen-bond donors (Lipinski definition) is 0. The van der Waals surface area contributed by atoms with Crippen LogP contribution in [0.1, 0.15) is 49.1 Å². The average Bonchev–Trinajstić information content (AvgIpc) is 2.58. The molecule has 3 rings (SSSR count). The predicted molar refractivity (Wildman–Crippen MR) is 86.0 cm³/mol. The molecule has 0 spiro atoms. The van der Waals surface area contributed by atoms with Gasteiger partial charge in [0.2, 0.25) is 0 Å². The average molecular weight is 263 g/mol. The van der Waals surface area contributed by atoms with Gasteiger partial charge in [-0.05, 0) is 48.3 Å². The van der Waals surface area contributed by atoms with E-state index in [1.54, 1.807) is 0 Å². The van der Waals surface area contributed by atoms with E-state index in [0.717, 1.165) is 12.1 Å². The summed E-state index contributed by atoms with van der Waals surface area (Å²) in [5.41, 5.74) is 3.99. The van der Waals surface area contributed by atoms with E-state index in [1.165, 1.54) is 24.0 Å². The topological polar surface area (TPSA) is 12.4 Å². The Morgan fingerprint density at radius 3 is 2.55 bits per heavy atom. The van der Waals surface area contributed by atoms with Gasteiger partial charge in [0.25, 0.3) is 0 Å². The molecule has 0 amide bonds. The molecule has 2 aromatic carbocycles. The fourth-order valence-electron chi connectivity index (χ4n) is 3.16. The molecule has 2 aromatic rings. The second-order valence-corrected chi connectivity index (χ2v) is 5.69. The SMILES string of the molecule is CC1CC(c2ccccc2)CCC=Nc2ccccc21. The Hall–Kier alpha value is -1.89. The van der Waals surface area contributed by atoms with Crippen LogP contribution in [0.2, 0.25) is 0 Å². The van der Waals surface area contributed by atoms with Crippen molar-refractivity contribution in [2.45, 2.75) is 38.0 Å². The number of para-hydroxylation sites is 1. The minimum Gasteiger partial charge on any atom is -0.261 e. The largest absolute Gasteiger partial charge is 0.261 e. The highest BCUT2D eigenvalue weighted by molar-refractivity contribution is 5.65. The normalized spacial score (nSPS) is 22.4. The maximum atomic E-state index is 4.66. The van der Waals surface area contributed by atoms with Crippen molar-refractivity contribution < 1.29 is 0 Å². The quantitative estimate of drug-likeness (QED) is 0.647. The van der Waals surface area contributed by atoms with E-state index < -0.39 is 0 Å². The summed E-state index contributed by atoms with van der Waals surface area (Å²) in [7, 11) is 0. The smallest absolute Gasteiger partial charge is 0.0660 e. The Morgan fingerprint density at radius 2 is 1.70 bits per heavy atom. The van der Waals surface area contributed by atoms with Gasteiger partial charge in [0.05, 0.1) is 5.69 Å². The van der Waals surface area contributed by atoms with Crippen molar-refractivity contribution >= 4 is 11.9 Å². The summed E-state index contributed by atoms with van der Waals surface area (Å²) in [6.07, 6.45) is 5.53. The molecule has 1 aliphatic heterocycles. The fraction of sp³-hybridized carbons (Fsp3) is 0.316. The summed E-state index contributed by atoms with van der Waals surface area (Å²) in [5, 5.41) is 0. The minimum atomic E-state index is 0.548. The number of fused-ring (bicyclic) bond motifs is 1. The van der Waals surface area contributed by atoms with Gasteiger partial charge in [0.15, 0.2) is 0 Å². The predicted octanol–water partition coefficient (Wildman–Crippen LogP) is 5.46. The van der Waals surface area contributed by atoms with E-state index >= 15 is 0 Å². The highest BCUT2D eigenvalue weighted by atomic mass is 14.7. The number of hydrogen-bond acceptors (Lipinski definition) is 1. The molecule has 102 valence electrons. The molecule has 20 heavy (non-hydrogen) atoms. The van der Waals surface area contributed by atoms with Crippen LogP contribution in [0.15, 0.2) is 59.6 Å². The molecule has 1 heterocycles. The van der Waals surface area contributed by atoms with Crippen LogP contribution in [0.3, 0.4) is 0 Å². The molecule has 2 unspecified atom stereocenters.